The molecule has 1 saturated carbocycles. The minimum absolute atomic E-state index is 0.0378. The van der Waals surface area contributed by atoms with Gasteiger partial charge in [0.2, 0.25) is 0 Å². The normalized spacial score (nSPS) is 33.3. The summed E-state index contributed by atoms with van der Waals surface area (Å²) in [5, 5.41) is 9.81. The Morgan fingerprint density at radius 3 is 2.29 bits per heavy atom. The number of piperazine rings is 1. The summed E-state index contributed by atoms with van der Waals surface area (Å²) in [6.07, 6.45) is 0.340. The summed E-state index contributed by atoms with van der Waals surface area (Å²) in [6, 6.07) is 0. The molecule has 2 fully saturated rings. The molecule has 1 heterocycles. The molecule has 124 valence electrons. The summed E-state index contributed by atoms with van der Waals surface area (Å²) in [6.45, 7) is 4.73. The molecule has 0 aromatic rings. The molecule has 1 aliphatic heterocycles. The van der Waals surface area contributed by atoms with Gasteiger partial charge < -0.3 is 10.0 Å². The third kappa shape index (κ3) is 5.11. The summed E-state index contributed by atoms with van der Waals surface area (Å²) in [5.74, 6) is 0.636. The quantitative estimate of drug-likeness (QED) is 0.864. The first kappa shape index (κ1) is 17.0. The topological polar surface area (TPSA) is 26.7 Å². The lowest BCUT2D eigenvalue weighted by Crippen LogP contribution is -2.53. The van der Waals surface area contributed by atoms with Gasteiger partial charge in [0.25, 0.3) is 0 Å². The highest BCUT2D eigenvalue weighted by molar-refractivity contribution is 4.89. The Kier molecular flexibility index (Phi) is 5.54. The molecular formula is C15H27F3N2O. The van der Waals surface area contributed by atoms with Crippen LogP contribution in [0.1, 0.15) is 32.6 Å². The predicted octanol–water partition coefficient (Wildman–Crippen LogP) is 2.36. The van der Waals surface area contributed by atoms with E-state index in [0.717, 1.165) is 25.8 Å². The van der Waals surface area contributed by atoms with Gasteiger partial charge in [0.05, 0.1) is 6.54 Å². The fourth-order valence-electron chi connectivity index (χ4n) is 3.94. The van der Waals surface area contributed by atoms with Crippen molar-refractivity contribution in [1.82, 2.24) is 9.80 Å². The van der Waals surface area contributed by atoms with Gasteiger partial charge in [-0.3, -0.25) is 4.90 Å². The van der Waals surface area contributed by atoms with Crippen molar-refractivity contribution >= 4 is 0 Å². The van der Waals surface area contributed by atoms with Gasteiger partial charge in [-0.2, -0.15) is 13.2 Å². The number of aliphatic hydroxyl groups is 1. The van der Waals surface area contributed by atoms with Crippen molar-refractivity contribution in [1.29, 1.82) is 0 Å². The van der Waals surface area contributed by atoms with Crippen LogP contribution in [0.4, 0.5) is 13.2 Å². The molecule has 2 atom stereocenters. The summed E-state index contributed by atoms with van der Waals surface area (Å²) in [7, 11) is 0. The lowest BCUT2D eigenvalue weighted by Gasteiger charge is -2.44. The van der Waals surface area contributed by atoms with E-state index in [1.54, 1.807) is 0 Å². The molecule has 0 spiro atoms. The van der Waals surface area contributed by atoms with Gasteiger partial charge in [-0.05, 0) is 18.8 Å². The molecule has 21 heavy (non-hydrogen) atoms. The van der Waals surface area contributed by atoms with Crippen molar-refractivity contribution < 1.29 is 18.3 Å². The summed E-state index contributed by atoms with van der Waals surface area (Å²) in [4.78, 5) is 3.72. The predicted molar refractivity (Wildman–Crippen MR) is 76.1 cm³/mol. The number of alkyl halides is 3. The SMILES string of the molecule is CC1CCCC(CO)(CN2CCN(CC(F)(F)F)CC2)C1. The monoisotopic (exact) mass is 308 g/mol. The fourth-order valence-corrected chi connectivity index (χ4v) is 3.94. The molecule has 3 nitrogen and oxygen atoms in total. The molecule has 2 aliphatic rings. The van der Waals surface area contributed by atoms with Crippen molar-refractivity contribution in [3.05, 3.63) is 0 Å². The van der Waals surface area contributed by atoms with E-state index in [2.05, 4.69) is 11.8 Å². The molecule has 0 radical (unpaired) electrons. The van der Waals surface area contributed by atoms with E-state index in [1.165, 1.54) is 11.3 Å². The van der Waals surface area contributed by atoms with Crippen LogP contribution < -0.4 is 0 Å². The van der Waals surface area contributed by atoms with Crippen LogP contribution in [-0.2, 0) is 0 Å². The zero-order chi connectivity index (χ0) is 15.5. The summed E-state index contributed by atoms with van der Waals surface area (Å²) < 4.78 is 37.1. The summed E-state index contributed by atoms with van der Waals surface area (Å²) in [5.41, 5.74) is -0.0378. The zero-order valence-corrected chi connectivity index (χ0v) is 12.8. The Hall–Kier alpha value is -0.330. The third-order valence-electron chi connectivity index (χ3n) is 4.95. The third-order valence-corrected chi connectivity index (χ3v) is 4.95. The highest BCUT2D eigenvalue weighted by atomic mass is 19.4. The van der Waals surface area contributed by atoms with Crippen LogP contribution >= 0.6 is 0 Å². The van der Waals surface area contributed by atoms with Gasteiger partial charge in [-0.1, -0.05) is 19.8 Å². The molecule has 1 aliphatic carbocycles. The average molecular weight is 308 g/mol. The second kappa shape index (κ2) is 6.84. The molecule has 1 saturated heterocycles. The highest BCUT2D eigenvalue weighted by Crippen LogP contribution is 2.39. The number of rotatable bonds is 4. The summed E-state index contributed by atoms with van der Waals surface area (Å²) >= 11 is 0. The van der Waals surface area contributed by atoms with Gasteiger partial charge in [-0.15, -0.1) is 0 Å². The number of aliphatic hydroxyl groups excluding tert-OH is 1. The Morgan fingerprint density at radius 2 is 1.76 bits per heavy atom. The molecule has 6 heteroatoms. The van der Waals surface area contributed by atoms with Crippen molar-refractivity contribution in [2.75, 3.05) is 45.9 Å². The van der Waals surface area contributed by atoms with Gasteiger partial charge in [0, 0.05) is 44.7 Å². The molecule has 2 rings (SSSR count). The van der Waals surface area contributed by atoms with Crippen molar-refractivity contribution in [3.63, 3.8) is 0 Å². The Bertz CT molecular complexity index is 329. The average Bonchev–Trinajstić information content (AvgIpc) is 2.39. The van der Waals surface area contributed by atoms with Crippen LogP contribution in [-0.4, -0.2) is 67.0 Å². The van der Waals surface area contributed by atoms with E-state index >= 15 is 0 Å². The van der Waals surface area contributed by atoms with E-state index in [-0.39, 0.29) is 12.0 Å². The largest absolute Gasteiger partial charge is 0.401 e. The standard InChI is InChI=1S/C15H27F3N2O/c1-13-3-2-4-14(9-13,12-21)10-19-5-7-20(8-6-19)11-15(16,17)18/h13,21H,2-12H2,1H3. The van der Waals surface area contributed by atoms with E-state index < -0.39 is 12.7 Å². The van der Waals surface area contributed by atoms with E-state index in [1.807, 2.05) is 0 Å². The van der Waals surface area contributed by atoms with Gasteiger partial charge in [0.1, 0.15) is 0 Å². The van der Waals surface area contributed by atoms with Gasteiger partial charge >= 0.3 is 6.18 Å². The minimum atomic E-state index is -4.10. The maximum absolute atomic E-state index is 12.4. The van der Waals surface area contributed by atoms with Crippen LogP contribution in [0.2, 0.25) is 0 Å². The van der Waals surface area contributed by atoms with Gasteiger partial charge in [-0.25, -0.2) is 0 Å². The highest BCUT2D eigenvalue weighted by Gasteiger charge is 2.37. The van der Waals surface area contributed by atoms with Crippen LogP contribution in [0, 0.1) is 11.3 Å². The molecule has 0 bridgehead atoms. The van der Waals surface area contributed by atoms with E-state index in [0.29, 0.717) is 32.1 Å². The number of hydrogen-bond donors (Lipinski definition) is 1. The van der Waals surface area contributed by atoms with Gasteiger partial charge in [0.15, 0.2) is 0 Å². The second-order valence-electron chi connectivity index (χ2n) is 7.03. The molecule has 0 aromatic heterocycles. The van der Waals surface area contributed by atoms with Crippen LogP contribution in [0.5, 0.6) is 0 Å². The Balaban J connectivity index is 1.82. The smallest absolute Gasteiger partial charge is 0.396 e. The van der Waals surface area contributed by atoms with Crippen molar-refractivity contribution in [3.8, 4) is 0 Å². The van der Waals surface area contributed by atoms with Crippen molar-refractivity contribution in [2.24, 2.45) is 11.3 Å². The number of nitrogens with zero attached hydrogens (tertiary/aromatic N) is 2. The molecule has 0 aromatic carbocycles. The second-order valence-corrected chi connectivity index (χ2v) is 7.03. The van der Waals surface area contributed by atoms with Crippen molar-refractivity contribution in [2.45, 2.75) is 38.8 Å². The minimum Gasteiger partial charge on any atom is -0.396 e. The molecule has 1 N–H and O–H groups in total. The first-order valence-electron chi connectivity index (χ1n) is 7.94. The lowest BCUT2D eigenvalue weighted by molar-refractivity contribution is -0.150. The zero-order valence-electron chi connectivity index (χ0n) is 12.8. The van der Waals surface area contributed by atoms with Crippen LogP contribution in [0.25, 0.3) is 0 Å². The maximum Gasteiger partial charge on any atom is 0.401 e. The number of hydrogen-bond acceptors (Lipinski definition) is 3. The lowest BCUT2D eigenvalue weighted by atomic mass is 9.70. The maximum atomic E-state index is 12.4. The molecular weight excluding hydrogens is 281 g/mol. The number of halogens is 3. The van der Waals surface area contributed by atoms with Crippen LogP contribution in [0.3, 0.4) is 0 Å². The first-order chi connectivity index (χ1) is 9.82. The first-order valence-corrected chi connectivity index (χ1v) is 7.94. The van der Waals surface area contributed by atoms with Crippen LogP contribution in [0.15, 0.2) is 0 Å². The van der Waals surface area contributed by atoms with E-state index in [4.69, 9.17) is 0 Å². The fraction of sp³-hybridized carbons (Fsp3) is 1.00. The Labute approximate surface area is 125 Å². The van der Waals surface area contributed by atoms with E-state index in [9.17, 15) is 18.3 Å². The molecule has 2 unspecified atom stereocenters. The molecule has 0 amide bonds. The Morgan fingerprint density at radius 1 is 1.14 bits per heavy atom.